The van der Waals surface area contributed by atoms with Crippen LogP contribution in [-0.2, 0) is 4.74 Å². The third kappa shape index (κ3) is 3.16. The third-order valence-electron chi connectivity index (χ3n) is 3.58. The van der Waals surface area contributed by atoms with Gasteiger partial charge in [-0.15, -0.1) is 0 Å². The zero-order valence-electron chi connectivity index (χ0n) is 13.9. The van der Waals surface area contributed by atoms with Gasteiger partial charge in [0.1, 0.15) is 11.4 Å². The van der Waals surface area contributed by atoms with Gasteiger partial charge in [-0.05, 0) is 31.2 Å². The van der Waals surface area contributed by atoms with E-state index in [0.29, 0.717) is 17.0 Å². The van der Waals surface area contributed by atoms with Crippen LogP contribution in [0.15, 0.2) is 48.7 Å². The summed E-state index contributed by atoms with van der Waals surface area (Å²) in [4.78, 5) is 29.1. The van der Waals surface area contributed by atoms with Crippen molar-refractivity contribution in [2.24, 2.45) is 0 Å². The van der Waals surface area contributed by atoms with Crippen LogP contribution in [0.1, 0.15) is 27.8 Å². The molecule has 2 heterocycles. The first-order valence-corrected chi connectivity index (χ1v) is 7.74. The first-order valence-electron chi connectivity index (χ1n) is 7.74. The fourth-order valence-electron chi connectivity index (χ4n) is 2.46. The third-order valence-corrected chi connectivity index (χ3v) is 3.58. The Labute approximate surface area is 144 Å². The van der Waals surface area contributed by atoms with Crippen LogP contribution in [0.3, 0.4) is 0 Å². The molecule has 0 radical (unpaired) electrons. The van der Waals surface area contributed by atoms with Crippen molar-refractivity contribution in [3.8, 4) is 5.75 Å². The van der Waals surface area contributed by atoms with E-state index < -0.39 is 11.9 Å². The SMILES string of the molecule is CCOC(=O)c1nc2ccccn2c1NC(=O)c1ccccc1OC. The van der Waals surface area contributed by atoms with Gasteiger partial charge in [0.2, 0.25) is 0 Å². The maximum Gasteiger partial charge on any atom is 0.360 e. The van der Waals surface area contributed by atoms with Crippen molar-refractivity contribution < 1.29 is 19.1 Å². The highest BCUT2D eigenvalue weighted by Gasteiger charge is 2.23. The van der Waals surface area contributed by atoms with E-state index in [0.717, 1.165) is 0 Å². The molecule has 0 spiro atoms. The van der Waals surface area contributed by atoms with Gasteiger partial charge in [-0.3, -0.25) is 9.20 Å². The lowest BCUT2D eigenvalue weighted by Crippen LogP contribution is -2.17. The maximum absolute atomic E-state index is 12.7. The number of nitrogens with one attached hydrogen (secondary N) is 1. The van der Waals surface area contributed by atoms with Gasteiger partial charge < -0.3 is 14.8 Å². The molecular weight excluding hydrogens is 322 g/mol. The Morgan fingerprint density at radius 3 is 2.68 bits per heavy atom. The van der Waals surface area contributed by atoms with Gasteiger partial charge in [0.15, 0.2) is 11.5 Å². The van der Waals surface area contributed by atoms with Gasteiger partial charge in [0.25, 0.3) is 5.91 Å². The Morgan fingerprint density at radius 1 is 1.16 bits per heavy atom. The van der Waals surface area contributed by atoms with E-state index in [9.17, 15) is 9.59 Å². The quantitative estimate of drug-likeness (QED) is 0.723. The first-order chi connectivity index (χ1) is 12.2. The van der Waals surface area contributed by atoms with Crippen LogP contribution in [0.2, 0.25) is 0 Å². The van der Waals surface area contributed by atoms with Gasteiger partial charge in [0, 0.05) is 6.20 Å². The number of methoxy groups -OCH3 is 1. The number of imidazole rings is 1. The fraction of sp³-hybridized carbons (Fsp3) is 0.167. The Hall–Kier alpha value is -3.35. The molecule has 3 aromatic rings. The molecule has 0 aliphatic heterocycles. The van der Waals surface area contributed by atoms with Gasteiger partial charge in [-0.2, -0.15) is 0 Å². The normalized spacial score (nSPS) is 10.5. The fourth-order valence-corrected chi connectivity index (χ4v) is 2.46. The number of benzene rings is 1. The Bertz CT molecular complexity index is 933. The molecule has 1 N–H and O–H groups in total. The average Bonchev–Trinajstić information content (AvgIpc) is 3.00. The van der Waals surface area contributed by atoms with Crippen molar-refractivity contribution in [3.63, 3.8) is 0 Å². The van der Waals surface area contributed by atoms with E-state index >= 15 is 0 Å². The molecule has 0 fully saturated rings. The van der Waals surface area contributed by atoms with E-state index in [4.69, 9.17) is 9.47 Å². The zero-order chi connectivity index (χ0) is 17.8. The molecule has 0 aliphatic rings. The molecular formula is C18H17N3O4. The number of nitrogens with zero attached hydrogens (tertiary/aromatic N) is 2. The minimum atomic E-state index is -0.596. The van der Waals surface area contributed by atoms with Crippen molar-refractivity contribution in [3.05, 3.63) is 59.9 Å². The summed E-state index contributed by atoms with van der Waals surface area (Å²) < 4.78 is 11.9. The number of ether oxygens (including phenoxy) is 2. The van der Waals surface area contributed by atoms with Crippen molar-refractivity contribution >= 4 is 23.3 Å². The maximum atomic E-state index is 12.7. The van der Waals surface area contributed by atoms with Gasteiger partial charge in [-0.1, -0.05) is 18.2 Å². The lowest BCUT2D eigenvalue weighted by Gasteiger charge is -2.10. The standard InChI is InChI=1S/C18H17N3O4/c1-3-25-18(23)15-16(21-11-7-6-10-14(21)19-15)20-17(22)12-8-4-5-9-13(12)24-2/h4-11H,3H2,1-2H3,(H,20,22). The number of pyridine rings is 1. The average molecular weight is 339 g/mol. The molecule has 0 aliphatic carbocycles. The second kappa shape index (κ2) is 7.04. The number of esters is 1. The highest BCUT2D eigenvalue weighted by atomic mass is 16.5. The second-order valence-electron chi connectivity index (χ2n) is 5.11. The smallest absolute Gasteiger partial charge is 0.360 e. The summed E-state index contributed by atoms with van der Waals surface area (Å²) in [6, 6.07) is 12.1. The van der Waals surface area contributed by atoms with E-state index in [1.165, 1.54) is 7.11 Å². The molecule has 7 heteroatoms. The molecule has 7 nitrogen and oxygen atoms in total. The summed E-state index contributed by atoms with van der Waals surface area (Å²) in [6.45, 7) is 1.92. The van der Waals surface area contributed by atoms with Crippen LogP contribution >= 0.6 is 0 Å². The largest absolute Gasteiger partial charge is 0.496 e. The van der Waals surface area contributed by atoms with Gasteiger partial charge in [0.05, 0.1) is 19.3 Å². The lowest BCUT2D eigenvalue weighted by atomic mass is 10.2. The molecule has 0 atom stereocenters. The topological polar surface area (TPSA) is 81.9 Å². The number of anilines is 1. The molecule has 1 aromatic carbocycles. The van der Waals surface area contributed by atoms with Crippen molar-refractivity contribution in [1.82, 2.24) is 9.38 Å². The highest BCUT2D eigenvalue weighted by Crippen LogP contribution is 2.23. The molecule has 0 saturated heterocycles. The van der Waals surface area contributed by atoms with Gasteiger partial charge in [-0.25, -0.2) is 9.78 Å². The molecule has 1 amide bonds. The van der Waals surface area contributed by atoms with Gasteiger partial charge >= 0.3 is 5.97 Å². The predicted octanol–water partition coefficient (Wildman–Crippen LogP) is 2.77. The van der Waals surface area contributed by atoms with Crippen molar-refractivity contribution in [2.45, 2.75) is 6.92 Å². The van der Waals surface area contributed by atoms with Crippen LogP contribution in [0.25, 0.3) is 5.65 Å². The number of hydrogen-bond acceptors (Lipinski definition) is 5. The van der Waals surface area contributed by atoms with Crippen molar-refractivity contribution in [2.75, 3.05) is 19.0 Å². The van der Waals surface area contributed by atoms with E-state index in [1.54, 1.807) is 60.0 Å². The number of aromatic nitrogens is 2. The minimum Gasteiger partial charge on any atom is -0.496 e. The molecule has 3 rings (SSSR count). The van der Waals surface area contributed by atoms with Crippen LogP contribution < -0.4 is 10.1 Å². The number of hydrogen-bond donors (Lipinski definition) is 1. The second-order valence-corrected chi connectivity index (χ2v) is 5.11. The summed E-state index contributed by atoms with van der Waals surface area (Å²) in [7, 11) is 1.49. The Morgan fingerprint density at radius 2 is 1.92 bits per heavy atom. The molecule has 128 valence electrons. The molecule has 25 heavy (non-hydrogen) atoms. The molecule has 2 aromatic heterocycles. The van der Waals surface area contributed by atoms with Crippen LogP contribution in [0.5, 0.6) is 5.75 Å². The summed E-state index contributed by atoms with van der Waals surface area (Å²) in [6.07, 6.45) is 1.71. The van der Waals surface area contributed by atoms with E-state index in [2.05, 4.69) is 10.3 Å². The van der Waals surface area contributed by atoms with Crippen molar-refractivity contribution in [1.29, 1.82) is 0 Å². The monoisotopic (exact) mass is 339 g/mol. The number of fused-ring (bicyclic) bond motifs is 1. The number of carbonyl (C=O) groups is 2. The highest BCUT2D eigenvalue weighted by molar-refractivity contribution is 6.08. The molecule has 0 unspecified atom stereocenters. The van der Waals surface area contributed by atoms with Crippen LogP contribution in [-0.4, -0.2) is 35.0 Å². The Balaban J connectivity index is 2.04. The molecule has 0 saturated carbocycles. The summed E-state index contributed by atoms with van der Waals surface area (Å²) in [5.41, 5.74) is 0.933. The van der Waals surface area contributed by atoms with E-state index in [1.807, 2.05) is 0 Å². The predicted molar refractivity (Wildman–Crippen MR) is 92.1 cm³/mol. The number of carbonyl (C=O) groups excluding carboxylic acids is 2. The summed E-state index contributed by atoms with van der Waals surface area (Å²) >= 11 is 0. The zero-order valence-corrected chi connectivity index (χ0v) is 13.9. The Kier molecular flexibility index (Phi) is 4.65. The summed E-state index contributed by atoms with van der Waals surface area (Å²) in [5.74, 6) is -0.313. The van der Waals surface area contributed by atoms with E-state index in [-0.39, 0.29) is 18.1 Å². The molecule has 0 bridgehead atoms. The number of para-hydroxylation sites is 1. The first kappa shape index (κ1) is 16.5. The van der Waals surface area contributed by atoms with Crippen LogP contribution in [0, 0.1) is 0 Å². The minimum absolute atomic E-state index is 0.0521. The lowest BCUT2D eigenvalue weighted by molar-refractivity contribution is 0.0521. The van der Waals surface area contributed by atoms with Crippen LogP contribution in [0.4, 0.5) is 5.82 Å². The summed E-state index contributed by atoms with van der Waals surface area (Å²) in [5, 5.41) is 2.74. The number of rotatable bonds is 5. The number of amides is 1.